The number of benzene rings is 2. The van der Waals surface area contributed by atoms with Crippen LogP contribution in [-0.2, 0) is 0 Å². The molecule has 2 rings (SSSR count). The zero-order valence-corrected chi connectivity index (χ0v) is 11.5. The van der Waals surface area contributed by atoms with E-state index >= 15 is 0 Å². The third-order valence-electron chi connectivity index (χ3n) is 3.30. The van der Waals surface area contributed by atoms with E-state index in [2.05, 4.69) is 5.32 Å². The lowest BCUT2D eigenvalue weighted by molar-refractivity contribution is 0.161. The first-order valence-corrected chi connectivity index (χ1v) is 6.60. The van der Waals surface area contributed by atoms with Crippen LogP contribution in [0.3, 0.4) is 0 Å². The molecule has 0 radical (unpaired) electrons. The molecule has 0 saturated carbocycles. The molecule has 2 atom stereocenters. The van der Waals surface area contributed by atoms with Gasteiger partial charge in [0.25, 0.3) is 0 Å². The van der Waals surface area contributed by atoms with E-state index in [-0.39, 0.29) is 24.0 Å². The van der Waals surface area contributed by atoms with Crippen LogP contribution < -0.4 is 5.32 Å². The van der Waals surface area contributed by atoms with Crippen LogP contribution in [0.4, 0.5) is 13.2 Å². The topological polar surface area (TPSA) is 32.3 Å². The molecular formula is C16H16F3NO. The maximum absolute atomic E-state index is 13.5. The Hall–Kier alpha value is -1.85. The van der Waals surface area contributed by atoms with Crippen molar-refractivity contribution in [3.63, 3.8) is 0 Å². The van der Waals surface area contributed by atoms with Gasteiger partial charge in [-0.2, -0.15) is 0 Å². The van der Waals surface area contributed by atoms with Crippen molar-refractivity contribution < 1.29 is 18.3 Å². The van der Waals surface area contributed by atoms with Gasteiger partial charge in [-0.1, -0.05) is 18.2 Å². The van der Waals surface area contributed by atoms with Gasteiger partial charge in [-0.15, -0.1) is 0 Å². The summed E-state index contributed by atoms with van der Waals surface area (Å²) in [5.74, 6) is -1.94. The molecule has 0 aromatic heterocycles. The minimum atomic E-state index is -1.32. The second kappa shape index (κ2) is 6.74. The Balaban J connectivity index is 2.02. The Morgan fingerprint density at radius 2 is 1.67 bits per heavy atom. The van der Waals surface area contributed by atoms with Gasteiger partial charge in [-0.25, -0.2) is 13.2 Å². The number of nitrogens with one attached hydrogen (secondary N) is 1. The van der Waals surface area contributed by atoms with Crippen molar-refractivity contribution in [3.05, 3.63) is 71.0 Å². The predicted molar refractivity (Wildman–Crippen MR) is 74.1 cm³/mol. The second-order valence-electron chi connectivity index (χ2n) is 4.84. The molecule has 21 heavy (non-hydrogen) atoms. The lowest BCUT2D eigenvalue weighted by Crippen LogP contribution is -2.25. The predicted octanol–water partition coefficient (Wildman–Crippen LogP) is 3.49. The average Bonchev–Trinajstić information content (AvgIpc) is 2.44. The Morgan fingerprint density at radius 3 is 2.29 bits per heavy atom. The van der Waals surface area contributed by atoms with E-state index in [1.165, 1.54) is 18.2 Å². The molecule has 112 valence electrons. The van der Waals surface area contributed by atoms with Gasteiger partial charge in [-0.05, 0) is 36.8 Å². The number of rotatable bonds is 5. The first-order chi connectivity index (χ1) is 9.99. The normalized spacial score (nSPS) is 14.0. The van der Waals surface area contributed by atoms with E-state index in [4.69, 9.17) is 0 Å². The summed E-state index contributed by atoms with van der Waals surface area (Å²) >= 11 is 0. The second-order valence-corrected chi connectivity index (χ2v) is 4.84. The monoisotopic (exact) mass is 295 g/mol. The van der Waals surface area contributed by atoms with Crippen LogP contribution in [0, 0.1) is 17.5 Å². The molecular weight excluding hydrogens is 279 g/mol. The maximum atomic E-state index is 13.5. The Labute approximate surface area is 121 Å². The van der Waals surface area contributed by atoms with Gasteiger partial charge in [0.1, 0.15) is 17.5 Å². The molecule has 2 N–H and O–H groups in total. The van der Waals surface area contributed by atoms with Crippen LogP contribution in [0.5, 0.6) is 0 Å². The fourth-order valence-electron chi connectivity index (χ4n) is 2.11. The van der Waals surface area contributed by atoms with Gasteiger partial charge >= 0.3 is 0 Å². The molecule has 2 aromatic rings. The van der Waals surface area contributed by atoms with Crippen LogP contribution in [0.25, 0.3) is 0 Å². The molecule has 0 saturated heterocycles. The van der Waals surface area contributed by atoms with Crippen LogP contribution in [0.1, 0.15) is 30.2 Å². The van der Waals surface area contributed by atoms with Gasteiger partial charge in [0, 0.05) is 12.6 Å². The van der Waals surface area contributed by atoms with E-state index in [0.29, 0.717) is 5.56 Å². The van der Waals surface area contributed by atoms with Crippen LogP contribution >= 0.6 is 0 Å². The van der Waals surface area contributed by atoms with Crippen molar-refractivity contribution in [1.29, 1.82) is 0 Å². The van der Waals surface area contributed by atoms with Crippen LogP contribution in [-0.4, -0.2) is 11.7 Å². The average molecular weight is 295 g/mol. The highest BCUT2D eigenvalue weighted by Gasteiger charge is 2.18. The molecule has 0 aliphatic heterocycles. The van der Waals surface area contributed by atoms with Crippen LogP contribution in [0.2, 0.25) is 0 Å². The van der Waals surface area contributed by atoms with Crippen molar-refractivity contribution in [2.75, 3.05) is 6.54 Å². The third kappa shape index (κ3) is 3.83. The minimum absolute atomic E-state index is 0.0461. The summed E-state index contributed by atoms with van der Waals surface area (Å²) in [6, 6.07) is 9.18. The largest absolute Gasteiger partial charge is 0.387 e. The molecule has 2 aromatic carbocycles. The smallest absolute Gasteiger partial charge is 0.131 e. The highest BCUT2D eigenvalue weighted by atomic mass is 19.1. The minimum Gasteiger partial charge on any atom is -0.387 e. The summed E-state index contributed by atoms with van der Waals surface area (Å²) in [6.45, 7) is 1.73. The van der Waals surface area contributed by atoms with E-state index < -0.39 is 17.7 Å². The Kier molecular flexibility index (Phi) is 4.98. The van der Waals surface area contributed by atoms with Crippen molar-refractivity contribution in [1.82, 2.24) is 5.32 Å². The number of aliphatic hydroxyl groups is 1. The van der Waals surface area contributed by atoms with Gasteiger partial charge in [-0.3, -0.25) is 0 Å². The summed E-state index contributed by atoms with van der Waals surface area (Å²) < 4.78 is 40.2. The summed E-state index contributed by atoms with van der Waals surface area (Å²) in [4.78, 5) is 0. The lowest BCUT2D eigenvalue weighted by Gasteiger charge is -2.18. The summed E-state index contributed by atoms with van der Waals surface area (Å²) in [6.07, 6.45) is -1.32. The molecule has 5 heteroatoms. The maximum Gasteiger partial charge on any atom is 0.131 e. The van der Waals surface area contributed by atoms with E-state index in [0.717, 1.165) is 12.1 Å². The fourth-order valence-corrected chi connectivity index (χ4v) is 2.11. The van der Waals surface area contributed by atoms with E-state index in [9.17, 15) is 18.3 Å². The fraction of sp³-hybridized carbons (Fsp3) is 0.250. The summed E-state index contributed by atoms with van der Waals surface area (Å²) in [5.41, 5.74) is 0.327. The molecule has 0 bridgehead atoms. The first-order valence-electron chi connectivity index (χ1n) is 6.60. The van der Waals surface area contributed by atoms with Crippen LogP contribution in [0.15, 0.2) is 42.5 Å². The summed E-state index contributed by atoms with van der Waals surface area (Å²) in [7, 11) is 0. The van der Waals surface area contributed by atoms with Crippen molar-refractivity contribution in [2.45, 2.75) is 19.1 Å². The number of hydrogen-bond donors (Lipinski definition) is 2. The van der Waals surface area contributed by atoms with Gasteiger partial charge in [0.05, 0.1) is 11.7 Å². The van der Waals surface area contributed by atoms with Crippen molar-refractivity contribution in [3.8, 4) is 0 Å². The third-order valence-corrected chi connectivity index (χ3v) is 3.30. The molecule has 0 spiro atoms. The molecule has 0 heterocycles. The lowest BCUT2D eigenvalue weighted by atomic mass is 10.1. The Bertz CT molecular complexity index is 598. The molecule has 0 amide bonds. The zero-order chi connectivity index (χ0) is 15.4. The first kappa shape index (κ1) is 15.5. The van der Waals surface area contributed by atoms with E-state index in [1.807, 2.05) is 0 Å². The molecule has 2 nitrogen and oxygen atoms in total. The number of hydrogen-bond acceptors (Lipinski definition) is 2. The van der Waals surface area contributed by atoms with Gasteiger partial charge in [0.2, 0.25) is 0 Å². The van der Waals surface area contributed by atoms with E-state index in [1.54, 1.807) is 19.1 Å². The highest BCUT2D eigenvalue weighted by Crippen LogP contribution is 2.21. The molecule has 1 unspecified atom stereocenters. The Morgan fingerprint density at radius 1 is 1.05 bits per heavy atom. The standard InChI is InChI=1S/C16H16F3NO/c1-10(11-4-2-5-12(17)8-11)20-9-15(21)16-13(18)6-3-7-14(16)19/h2-8,10,15,20-21H,9H2,1H3/t10-,15?/m1/s1. The molecule has 0 aliphatic carbocycles. The van der Waals surface area contributed by atoms with Gasteiger partial charge < -0.3 is 10.4 Å². The van der Waals surface area contributed by atoms with Crippen molar-refractivity contribution in [2.24, 2.45) is 0 Å². The summed E-state index contributed by atoms with van der Waals surface area (Å²) in [5, 5.41) is 12.8. The van der Waals surface area contributed by atoms with Crippen molar-refractivity contribution >= 4 is 0 Å². The SMILES string of the molecule is C[C@@H](NCC(O)c1c(F)cccc1F)c1cccc(F)c1. The number of halogens is 3. The highest BCUT2D eigenvalue weighted by molar-refractivity contribution is 5.23. The molecule has 0 aliphatic rings. The van der Waals surface area contributed by atoms with Gasteiger partial charge in [0.15, 0.2) is 0 Å². The number of aliphatic hydroxyl groups excluding tert-OH is 1. The quantitative estimate of drug-likeness (QED) is 0.885. The zero-order valence-electron chi connectivity index (χ0n) is 11.5. The molecule has 0 fully saturated rings.